The largest absolute Gasteiger partial charge is 0.351 e. The molecule has 0 aromatic carbocycles. The van der Waals surface area contributed by atoms with E-state index in [0.29, 0.717) is 6.42 Å². The lowest BCUT2D eigenvalue weighted by atomic mass is 10.1. The molecule has 0 bridgehead atoms. The monoisotopic (exact) mass is 253 g/mol. The van der Waals surface area contributed by atoms with Crippen LogP contribution in [0.4, 0.5) is 0 Å². The molecule has 0 aromatic rings. The molecule has 1 aliphatic rings. The highest BCUT2D eigenvalue weighted by molar-refractivity contribution is 7.91. The molecule has 4 nitrogen and oxygen atoms in total. The Labute approximate surface area is 95.3 Å². The summed E-state index contributed by atoms with van der Waals surface area (Å²) in [7, 11) is -3.07. The molecule has 0 radical (unpaired) electrons. The van der Waals surface area contributed by atoms with Crippen molar-refractivity contribution in [3.8, 4) is 0 Å². The van der Waals surface area contributed by atoms with Gasteiger partial charge in [0, 0.05) is 6.42 Å². The van der Waals surface area contributed by atoms with Crippen molar-refractivity contribution in [3.63, 3.8) is 0 Å². The van der Waals surface area contributed by atoms with E-state index in [0.717, 1.165) is 0 Å². The van der Waals surface area contributed by atoms with E-state index in [9.17, 15) is 13.2 Å². The second kappa shape index (κ2) is 4.70. The first-order valence-corrected chi connectivity index (χ1v) is 7.20. The van der Waals surface area contributed by atoms with E-state index in [-0.39, 0.29) is 23.3 Å². The summed E-state index contributed by atoms with van der Waals surface area (Å²) in [5.41, 5.74) is 0. The Kier molecular flexibility index (Phi) is 4.00. The van der Waals surface area contributed by atoms with E-state index in [2.05, 4.69) is 5.32 Å². The van der Waals surface area contributed by atoms with E-state index >= 15 is 0 Å². The lowest BCUT2D eigenvalue weighted by Gasteiger charge is -2.15. The van der Waals surface area contributed by atoms with Crippen molar-refractivity contribution >= 4 is 27.3 Å². The van der Waals surface area contributed by atoms with Gasteiger partial charge in [0.1, 0.15) is 0 Å². The Morgan fingerprint density at radius 1 is 1.47 bits per heavy atom. The number of carbonyl (C=O) groups is 1. The van der Waals surface area contributed by atoms with Gasteiger partial charge >= 0.3 is 0 Å². The molecule has 1 N–H and O–H groups in total. The van der Waals surface area contributed by atoms with Gasteiger partial charge in [0.2, 0.25) is 5.91 Å². The third-order valence-corrected chi connectivity index (χ3v) is 4.60. The molecular weight excluding hydrogens is 238 g/mol. The third-order valence-electron chi connectivity index (χ3n) is 2.22. The van der Waals surface area contributed by atoms with Gasteiger partial charge in [-0.3, -0.25) is 4.79 Å². The van der Waals surface area contributed by atoms with Gasteiger partial charge in [0.15, 0.2) is 9.84 Å². The van der Waals surface area contributed by atoms with Crippen molar-refractivity contribution in [2.45, 2.75) is 31.7 Å². The average molecular weight is 254 g/mol. The zero-order valence-corrected chi connectivity index (χ0v) is 10.4. The summed E-state index contributed by atoms with van der Waals surface area (Å²) in [5, 5.41) is 2.17. The summed E-state index contributed by atoms with van der Waals surface area (Å²) in [4.78, 5) is 11.4. The molecule has 1 saturated heterocycles. The molecule has 6 heteroatoms. The van der Waals surface area contributed by atoms with Crippen LogP contribution in [0.15, 0.2) is 0 Å². The van der Waals surface area contributed by atoms with Gasteiger partial charge in [-0.2, -0.15) is 0 Å². The SMILES string of the molecule is CC(C)CC(=O)N[C@@H]1CS(=O)(=O)C[C@H]1Cl. The molecule has 0 spiro atoms. The molecule has 15 heavy (non-hydrogen) atoms. The maximum atomic E-state index is 11.4. The van der Waals surface area contributed by atoms with E-state index in [1.807, 2.05) is 13.8 Å². The summed E-state index contributed by atoms with van der Waals surface area (Å²) in [6.07, 6.45) is 0.403. The Morgan fingerprint density at radius 3 is 2.47 bits per heavy atom. The predicted molar refractivity (Wildman–Crippen MR) is 59.7 cm³/mol. The van der Waals surface area contributed by atoms with Gasteiger partial charge in [-0.25, -0.2) is 8.42 Å². The second-order valence-corrected chi connectivity index (χ2v) is 7.08. The minimum absolute atomic E-state index is 0.0367. The minimum Gasteiger partial charge on any atom is -0.351 e. The molecule has 1 aliphatic heterocycles. The molecule has 0 saturated carbocycles. The van der Waals surface area contributed by atoms with Gasteiger partial charge in [-0.05, 0) is 5.92 Å². The van der Waals surface area contributed by atoms with Crippen LogP contribution in [-0.2, 0) is 14.6 Å². The zero-order chi connectivity index (χ0) is 11.6. The van der Waals surface area contributed by atoms with Crippen LogP contribution in [0.25, 0.3) is 0 Å². The molecule has 2 atom stereocenters. The number of halogens is 1. The standard InChI is InChI=1S/C9H16ClNO3S/c1-6(2)3-9(12)11-8-5-15(13,14)4-7(8)10/h6-8H,3-5H2,1-2H3,(H,11,12)/t7-,8-/m1/s1. The molecule has 0 aromatic heterocycles. The fraction of sp³-hybridized carbons (Fsp3) is 0.889. The second-order valence-electron chi connectivity index (χ2n) is 4.36. The number of rotatable bonds is 3. The maximum absolute atomic E-state index is 11.4. The molecule has 88 valence electrons. The van der Waals surface area contributed by atoms with Crippen molar-refractivity contribution in [3.05, 3.63) is 0 Å². The molecule has 1 amide bonds. The fourth-order valence-electron chi connectivity index (χ4n) is 1.57. The van der Waals surface area contributed by atoms with Gasteiger partial charge in [0.05, 0.1) is 22.9 Å². The summed E-state index contributed by atoms with van der Waals surface area (Å²) in [6.45, 7) is 3.87. The van der Waals surface area contributed by atoms with Crippen molar-refractivity contribution in [1.82, 2.24) is 5.32 Å². The van der Waals surface area contributed by atoms with Crippen LogP contribution in [0.3, 0.4) is 0 Å². The van der Waals surface area contributed by atoms with Gasteiger partial charge < -0.3 is 5.32 Å². The highest BCUT2D eigenvalue weighted by atomic mass is 35.5. The quantitative estimate of drug-likeness (QED) is 0.748. The van der Waals surface area contributed by atoms with Gasteiger partial charge in [0.25, 0.3) is 0 Å². The third kappa shape index (κ3) is 3.99. The minimum atomic E-state index is -3.07. The van der Waals surface area contributed by atoms with E-state index in [4.69, 9.17) is 11.6 Å². The first kappa shape index (κ1) is 12.8. The first-order valence-electron chi connectivity index (χ1n) is 4.94. The number of sulfone groups is 1. The average Bonchev–Trinajstić information content (AvgIpc) is 2.22. The van der Waals surface area contributed by atoms with Crippen molar-refractivity contribution in [2.24, 2.45) is 5.92 Å². The zero-order valence-electron chi connectivity index (χ0n) is 8.86. The Morgan fingerprint density at radius 2 is 2.07 bits per heavy atom. The summed E-state index contributed by atoms with van der Waals surface area (Å²) in [5.74, 6) is 0.0566. The van der Waals surface area contributed by atoms with Gasteiger partial charge in [-0.15, -0.1) is 11.6 Å². The number of carbonyl (C=O) groups excluding carboxylic acids is 1. The van der Waals surface area contributed by atoms with Gasteiger partial charge in [-0.1, -0.05) is 13.8 Å². The highest BCUT2D eigenvalue weighted by Gasteiger charge is 2.37. The Bertz CT molecular complexity index is 339. The van der Waals surface area contributed by atoms with E-state index < -0.39 is 21.3 Å². The smallest absolute Gasteiger partial charge is 0.220 e. The number of alkyl halides is 1. The molecule has 1 heterocycles. The van der Waals surface area contributed by atoms with Crippen LogP contribution in [0.2, 0.25) is 0 Å². The Hall–Kier alpha value is -0.290. The van der Waals surface area contributed by atoms with Crippen LogP contribution in [0, 0.1) is 5.92 Å². The number of hydrogen-bond acceptors (Lipinski definition) is 3. The van der Waals surface area contributed by atoms with Crippen LogP contribution in [-0.4, -0.2) is 37.2 Å². The van der Waals surface area contributed by atoms with Crippen LogP contribution in [0.1, 0.15) is 20.3 Å². The van der Waals surface area contributed by atoms with E-state index in [1.54, 1.807) is 0 Å². The highest BCUT2D eigenvalue weighted by Crippen LogP contribution is 2.18. The fourth-order valence-corrected chi connectivity index (χ4v) is 4.12. The van der Waals surface area contributed by atoms with Crippen molar-refractivity contribution in [2.75, 3.05) is 11.5 Å². The summed E-state index contributed by atoms with van der Waals surface area (Å²) in [6, 6.07) is -0.428. The predicted octanol–water partition coefficient (Wildman–Crippen LogP) is 0.553. The molecular formula is C9H16ClNO3S. The molecule has 0 unspecified atom stereocenters. The normalized spacial score (nSPS) is 29.3. The molecule has 1 rings (SSSR count). The summed E-state index contributed by atoms with van der Waals surface area (Å²) >= 11 is 5.85. The lowest BCUT2D eigenvalue weighted by molar-refractivity contribution is -0.122. The first-order chi connectivity index (χ1) is 6.80. The Balaban J connectivity index is 2.50. The number of nitrogens with one attached hydrogen (secondary N) is 1. The topological polar surface area (TPSA) is 63.2 Å². The molecule has 0 aliphatic carbocycles. The lowest BCUT2D eigenvalue weighted by Crippen LogP contribution is -2.41. The molecule has 1 fully saturated rings. The van der Waals surface area contributed by atoms with Crippen molar-refractivity contribution in [1.29, 1.82) is 0 Å². The maximum Gasteiger partial charge on any atom is 0.220 e. The van der Waals surface area contributed by atoms with E-state index in [1.165, 1.54) is 0 Å². The summed E-state index contributed by atoms with van der Waals surface area (Å²) < 4.78 is 22.4. The van der Waals surface area contributed by atoms with Crippen molar-refractivity contribution < 1.29 is 13.2 Å². The van der Waals surface area contributed by atoms with Crippen LogP contribution >= 0.6 is 11.6 Å². The number of hydrogen-bond donors (Lipinski definition) is 1. The van der Waals surface area contributed by atoms with Crippen LogP contribution < -0.4 is 5.32 Å². The number of amides is 1. The van der Waals surface area contributed by atoms with Crippen LogP contribution in [0.5, 0.6) is 0 Å².